The highest BCUT2D eigenvalue weighted by Crippen LogP contribution is 2.22. The molecule has 6 nitrogen and oxygen atoms in total. The van der Waals surface area contributed by atoms with Crippen molar-refractivity contribution >= 4 is 18.2 Å². The summed E-state index contributed by atoms with van der Waals surface area (Å²) in [6.45, 7) is 13.4. The summed E-state index contributed by atoms with van der Waals surface area (Å²) in [6, 6.07) is 0. The lowest BCUT2D eigenvalue weighted by molar-refractivity contribution is -0.150. The first kappa shape index (κ1) is 52.6. The van der Waals surface area contributed by atoms with Gasteiger partial charge in [-0.15, -0.1) is 0 Å². The van der Waals surface area contributed by atoms with Crippen molar-refractivity contribution < 1.29 is 19.1 Å². The van der Waals surface area contributed by atoms with Gasteiger partial charge in [0.25, 0.3) is 0 Å². The zero-order valence-corrected chi connectivity index (χ0v) is 37.1. The van der Waals surface area contributed by atoms with Crippen LogP contribution in [0.3, 0.4) is 0 Å². The van der Waals surface area contributed by atoms with Crippen molar-refractivity contribution in [3.63, 3.8) is 0 Å². The van der Waals surface area contributed by atoms with Gasteiger partial charge in [0.15, 0.2) is 0 Å². The molecule has 2 atom stereocenters. The molecule has 0 aliphatic rings. The fourth-order valence-electron chi connectivity index (χ4n) is 7.61. The number of nitrogens with zero attached hydrogens (tertiary/aromatic N) is 2. The summed E-state index contributed by atoms with van der Waals surface area (Å²) in [5, 5.41) is 0. The van der Waals surface area contributed by atoms with Crippen LogP contribution in [-0.4, -0.2) is 62.9 Å². The molecule has 0 amide bonds. The molecule has 320 valence electrons. The van der Waals surface area contributed by atoms with E-state index in [0.29, 0.717) is 13.2 Å². The quantitative estimate of drug-likeness (QED) is 0.0351. The molecule has 0 aromatic carbocycles. The van der Waals surface area contributed by atoms with Crippen molar-refractivity contribution in [1.29, 1.82) is 0 Å². The molecule has 54 heavy (non-hydrogen) atoms. The number of carbonyl (C=O) groups excluding carboxylic acids is 2. The van der Waals surface area contributed by atoms with Gasteiger partial charge in [0.2, 0.25) is 0 Å². The third-order valence-corrected chi connectivity index (χ3v) is 11.3. The van der Waals surface area contributed by atoms with E-state index in [-0.39, 0.29) is 23.8 Å². The lowest BCUT2D eigenvalue weighted by Crippen LogP contribution is -2.27. The third kappa shape index (κ3) is 35.0. The van der Waals surface area contributed by atoms with E-state index in [2.05, 4.69) is 37.6 Å². The van der Waals surface area contributed by atoms with Gasteiger partial charge in [0.1, 0.15) is 0 Å². The van der Waals surface area contributed by atoms with E-state index in [1.807, 2.05) is 13.3 Å². The smallest absolute Gasteiger partial charge is 0.308 e. The van der Waals surface area contributed by atoms with Gasteiger partial charge in [0.05, 0.1) is 25.0 Å². The standard InChI is InChI=1S/C48H94N2O4/c1-6-10-14-18-20-28-37-45(35-26-16-12-8-3)47(51)53-43-32-24-22-30-40-50(42-34-39-49-5)41-31-23-25-33-44-54-48(52)46(36-27-17-13-9-4)38-29-21-19-15-11-7-2/h39,45-46H,6-38,40-44H2,1-5H3. The van der Waals surface area contributed by atoms with Crippen molar-refractivity contribution in [2.75, 3.05) is 39.9 Å². The predicted octanol–water partition coefficient (Wildman–Crippen LogP) is 14.3. The zero-order valence-electron chi connectivity index (χ0n) is 37.1. The Kier molecular flexibility index (Phi) is 41.6. The van der Waals surface area contributed by atoms with Gasteiger partial charge in [-0.2, -0.15) is 0 Å². The Balaban J connectivity index is 4.37. The average Bonchev–Trinajstić information content (AvgIpc) is 3.17. The van der Waals surface area contributed by atoms with Gasteiger partial charge in [0, 0.05) is 13.6 Å². The molecule has 0 aliphatic heterocycles. The normalized spacial score (nSPS) is 12.9. The molecule has 0 saturated heterocycles. The lowest BCUT2D eigenvalue weighted by Gasteiger charge is -2.21. The Labute approximate surface area is 337 Å². The van der Waals surface area contributed by atoms with E-state index in [9.17, 15) is 9.59 Å². The van der Waals surface area contributed by atoms with E-state index in [0.717, 1.165) is 103 Å². The van der Waals surface area contributed by atoms with Crippen LogP contribution < -0.4 is 0 Å². The summed E-state index contributed by atoms with van der Waals surface area (Å²) in [6.07, 6.45) is 41.0. The third-order valence-electron chi connectivity index (χ3n) is 11.3. The fourth-order valence-corrected chi connectivity index (χ4v) is 7.61. The number of ether oxygens (including phenoxy) is 2. The Morgan fingerprint density at radius 1 is 0.444 bits per heavy atom. The molecular weight excluding hydrogens is 669 g/mol. The van der Waals surface area contributed by atoms with E-state index < -0.39 is 0 Å². The van der Waals surface area contributed by atoms with Crippen molar-refractivity contribution in [2.45, 2.75) is 240 Å². The molecule has 0 heterocycles. The summed E-state index contributed by atoms with van der Waals surface area (Å²) >= 11 is 0. The number of hydrogen-bond acceptors (Lipinski definition) is 6. The van der Waals surface area contributed by atoms with Gasteiger partial charge in [-0.3, -0.25) is 9.59 Å². The van der Waals surface area contributed by atoms with Gasteiger partial charge >= 0.3 is 11.9 Å². The molecule has 0 fully saturated rings. The Bertz CT molecular complexity index is 761. The Morgan fingerprint density at radius 3 is 1.13 bits per heavy atom. The van der Waals surface area contributed by atoms with E-state index in [1.54, 1.807) is 0 Å². The topological polar surface area (TPSA) is 68.2 Å². The predicted molar refractivity (Wildman–Crippen MR) is 235 cm³/mol. The van der Waals surface area contributed by atoms with Crippen LogP contribution in [0.5, 0.6) is 0 Å². The number of unbranched alkanes of at least 4 members (excludes halogenated alkanes) is 22. The number of hydrogen-bond donors (Lipinski definition) is 0. The average molecular weight is 763 g/mol. The van der Waals surface area contributed by atoms with Gasteiger partial charge < -0.3 is 19.4 Å². The highest BCUT2D eigenvalue weighted by atomic mass is 16.5. The first-order valence-corrected chi connectivity index (χ1v) is 24.0. The SMILES string of the molecule is CCCCCCCCC(CCCCCC)C(=O)OCCCCCCN(CCC=NC)CCCCCCOC(=O)C(CCCCCC)CCCCCCCC. The molecule has 0 aliphatic carbocycles. The monoisotopic (exact) mass is 763 g/mol. The molecule has 6 heteroatoms. The maximum atomic E-state index is 13.0. The minimum atomic E-state index is 0.0625. The number of esters is 2. The molecular formula is C48H94N2O4. The number of carbonyl (C=O) groups is 2. The summed E-state index contributed by atoms with van der Waals surface area (Å²) in [4.78, 5) is 32.7. The zero-order chi connectivity index (χ0) is 39.6. The van der Waals surface area contributed by atoms with Crippen LogP contribution >= 0.6 is 0 Å². The van der Waals surface area contributed by atoms with Crippen LogP contribution in [0.4, 0.5) is 0 Å². The minimum Gasteiger partial charge on any atom is -0.465 e. The second-order valence-electron chi connectivity index (χ2n) is 16.4. The van der Waals surface area contributed by atoms with Gasteiger partial charge in [-0.1, -0.05) is 182 Å². The molecule has 0 spiro atoms. The Morgan fingerprint density at radius 2 is 0.759 bits per heavy atom. The van der Waals surface area contributed by atoms with Crippen LogP contribution in [-0.2, 0) is 19.1 Å². The molecule has 0 radical (unpaired) electrons. The van der Waals surface area contributed by atoms with Crippen molar-refractivity contribution in [3.05, 3.63) is 0 Å². The van der Waals surface area contributed by atoms with Crippen LogP contribution in [0.25, 0.3) is 0 Å². The fraction of sp³-hybridized carbons (Fsp3) is 0.938. The van der Waals surface area contributed by atoms with Crippen molar-refractivity contribution in [1.82, 2.24) is 4.90 Å². The van der Waals surface area contributed by atoms with Crippen LogP contribution in [0, 0.1) is 11.8 Å². The summed E-state index contributed by atoms with van der Waals surface area (Å²) < 4.78 is 11.7. The van der Waals surface area contributed by atoms with Gasteiger partial charge in [-0.05, 0) is 77.1 Å². The molecule has 0 rings (SSSR count). The number of aliphatic imine (C=N–C) groups is 1. The van der Waals surface area contributed by atoms with E-state index in [4.69, 9.17) is 9.47 Å². The van der Waals surface area contributed by atoms with Crippen LogP contribution in [0.15, 0.2) is 4.99 Å². The molecule has 0 aromatic heterocycles. The minimum absolute atomic E-state index is 0.0625. The molecule has 0 aromatic rings. The highest BCUT2D eigenvalue weighted by Gasteiger charge is 2.20. The van der Waals surface area contributed by atoms with E-state index >= 15 is 0 Å². The van der Waals surface area contributed by atoms with Gasteiger partial charge in [-0.25, -0.2) is 0 Å². The van der Waals surface area contributed by atoms with E-state index in [1.165, 1.54) is 128 Å². The maximum Gasteiger partial charge on any atom is 0.308 e. The molecule has 0 bridgehead atoms. The van der Waals surface area contributed by atoms with Crippen LogP contribution in [0.2, 0.25) is 0 Å². The second kappa shape index (κ2) is 42.7. The lowest BCUT2D eigenvalue weighted by atomic mass is 9.94. The molecule has 2 unspecified atom stereocenters. The molecule has 0 N–H and O–H groups in total. The summed E-state index contributed by atoms with van der Waals surface area (Å²) in [7, 11) is 1.86. The maximum absolute atomic E-state index is 13.0. The number of rotatable bonds is 43. The highest BCUT2D eigenvalue weighted by molar-refractivity contribution is 5.72. The Hall–Kier alpha value is -1.43. The summed E-state index contributed by atoms with van der Waals surface area (Å²) in [5.74, 6) is 0.320. The summed E-state index contributed by atoms with van der Waals surface area (Å²) in [5.41, 5.74) is 0. The first-order valence-electron chi connectivity index (χ1n) is 24.0. The van der Waals surface area contributed by atoms with Crippen LogP contribution in [0.1, 0.15) is 240 Å². The van der Waals surface area contributed by atoms with Crippen molar-refractivity contribution in [2.24, 2.45) is 16.8 Å². The largest absolute Gasteiger partial charge is 0.465 e. The molecule has 0 saturated carbocycles. The second-order valence-corrected chi connectivity index (χ2v) is 16.4. The first-order chi connectivity index (χ1) is 26.5. The van der Waals surface area contributed by atoms with Crippen molar-refractivity contribution in [3.8, 4) is 0 Å².